The number of hydrogen-bond donors (Lipinski definition) is 1. The second-order valence-corrected chi connectivity index (χ2v) is 5.66. The average molecular weight is 319 g/mol. The topological polar surface area (TPSA) is 50.8 Å². The molecule has 0 saturated carbocycles. The maximum Gasteiger partial charge on any atom is 0.226 e. The van der Waals surface area contributed by atoms with E-state index in [1.54, 1.807) is 42.5 Å². The van der Waals surface area contributed by atoms with Gasteiger partial charge in [-0.15, -0.1) is 0 Å². The molecule has 0 radical (unpaired) electrons. The number of carbonyl (C=O) groups excluding carboxylic acids is 1. The van der Waals surface area contributed by atoms with Crippen LogP contribution in [-0.4, -0.2) is 5.91 Å². The summed E-state index contributed by atoms with van der Waals surface area (Å²) in [4.78, 5) is 23.0. The van der Waals surface area contributed by atoms with E-state index in [4.69, 9.17) is 21.3 Å². The molecule has 2 aromatic rings. The minimum atomic E-state index is -0.0870. The molecule has 6 heteroatoms. The molecule has 1 aliphatic rings. The number of nitrogens with one attached hydrogen (secondary N) is 1. The number of anilines is 2. The van der Waals surface area contributed by atoms with Crippen LogP contribution < -0.4 is 20.2 Å². The summed E-state index contributed by atoms with van der Waals surface area (Å²) in [6.07, 6.45) is 0. The highest BCUT2D eigenvalue weighted by Crippen LogP contribution is 2.38. The summed E-state index contributed by atoms with van der Waals surface area (Å²) in [6.45, 7) is 3.68. The van der Waals surface area contributed by atoms with Crippen LogP contribution >= 0.6 is 11.6 Å². The summed E-state index contributed by atoms with van der Waals surface area (Å²) < 4.78 is 0. The van der Waals surface area contributed by atoms with Gasteiger partial charge >= 0.3 is 0 Å². The summed E-state index contributed by atoms with van der Waals surface area (Å²) in [5.74, 6) is 0.985. The van der Waals surface area contributed by atoms with Crippen LogP contribution in [0.15, 0.2) is 42.5 Å². The molecule has 0 atom stereocenters. The molecular weight excluding hydrogens is 304 g/mol. The molecule has 0 bridgehead atoms. The van der Waals surface area contributed by atoms with E-state index >= 15 is 0 Å². The van der Waals surface area contributed by atoms with Gasteiger partial charge in [0.1, 0.15) is 5.69 Å². The fraction of sp³-hybridized carbons (Fsp3) is 0.188. The van der Waals surface area contributed by atoms with Crippen molar-refractivity contribution in [2.45, 2.75) is 13.8 Å². The van der Waals surface area contributed by atoms with Crippen molar-refractivity contribution >= 4 is 28.9 Å². The molecule has 3 rings (SSSR count). The molecule has 0 saturated heterocycles. The zero-order valence-corrected chi connectivity index (χ0v) is 12.9. The monoisotopic (exact) mass is 318 g/mol. The average Bonchev–Trinajstić information content (AvgIpc) is 2.91. The Balaban J connectivity index is 1.76. The molecule has 1 N–H and O–H groups in total. The van der Waals surface area contributed by atoms with E-state index in [-0.39, 0.29) is 11.8 Å². The maximum absolute atomic E-state index is 11.7. The lowest BCUT2D eigenvalue weighted by atomic mass is 10.2. The molecule has 0 fully saturated rings. The van der Waals surface area contributed by atoms with Crippen molar-refractivity contribution < 1.29 is 14.5 Å². The Morgan fingerprint density at radius 3 is 2.45 bits per heavy atom. The second-order valence-electron chi connectivity index (χ2n) is 5.22. The number of amides is 1. The number of nitrogens with zero attached hydrogens (tertiary/aromatic N) is 1. The summed E-state index contributed by atoms with van der Waals surface area (Å²) in [6, 6.07) is 12.3. The van der Waals surface area contributed by atoms with E-state index in [0.717, 1.165) is 0 Å². The smallest absolute Gasteiger partial charge is 0.226 e. The molecule has 0 aliphatic carbocycles. The fourth-order valence-electron chi connectivity index (χ4n) is 1.88. The highest BCUT2D eigenvalue weighted by atomic mass is 35.5. The number of halogens is 1. The Morgan fingerprint density at radius 2 is 1.77 bits per heavy atom. The van der Waals surface area contributed by atoms with Crippen LogP contribution in [-0.2, 0) is 4.79 Å². The first kappa shape index (κ1) is 14.5. The van der Waals surface area contributed by atoms with Gasteiger partial charge in [0.25, 0.3) is 0 Å². The summed E-state index contributed by atoms with van der Waals surface area (Å²) in [7, 11) is 0. The molecule has 1 heterocycles. The van der Waals surface area contributed by atoms with E-state index in [1.807, 2.05) is 13.8 Å². The van der Waals surface area contributed by atoms with E-state index in [9.17, 15) is 4.79 Å². The molecule has 1 amide bonds. The molecule has 114 valence electrons. The molecular formula is C16H15ClN2O3. The number of rotatable bonds is 3. The van der Waals surface area contributed by atoms with Gasteiger partial charge in [-0.1, -0.05) is 25.4 Å². The second kappa shape index (κ2) is 5.77. The number of hydrogen-bond acceptors (Lipinski definition) is 4. The molecule has 5 nitrogen and oxygen atoms in total. The van der Waals surface area contributed by atoms with Crippen LogP contribution in [0.25, 0.3) is 0 Å². The van der Waals surface area contributed by atoms with Crippen molar-refractivity contribution in [3.05, 3.63) is 47.5 Å². The van der Waals surface area contributed by atoms with Gasteiger partial charge in [-0.25, -0.2) is 0 Å². The first-order valence-electron chi connectivity index (χ1n) is 6.89. The van der Waals surface area contributed by atoms with Crippen molar-refractivity contribution in [1.29, 1.82) is 0 Å². The van der Waals surface area contributed by atoms with Crippen LogP contribution in [0, 0.1) is 5.92 Å². The van der Waals surface area contributed by atoms with Gasteiger partial charge in [0.15, 0.2) is 0 Å². The molecule has 22 heavy (non-hydrogen) atoms. The molecule has 2 aromatic carbocycles. The molecule has 0 spiro atoms. The van der Waals surface area contributed by atoms with Crippen LogP contribution in [0.5, 0.6) is 11.5 Å². The van der Waals surface area contributed by atoms with Gasteiger partial charge in [-0.2, -0.15) is 0 Å². The van der Waals surface area contributed by atoms with Crippen molar-refractivity contribution in [2.24, 2.45) is 5.92 Å². The largest absolute Gasteiger partial charge is 0.341 e. The van der Waals surface area contributed by atoms with Gasteiger partial charge in [-0.05, 0) is 41.6 Å². The third-order valence-electron chi connectivity index (χ3n) is 3.14. The Labute approximate surface area is 133 Å². The predicted molar refractivity (Wildman–Crippen MR) is 85.1 cm³/mol. The summed E-state index contributed by atoms with van der Waals surface area (Å²) in [5.41, 5.74) is 1.38. The summed E-state index contributed by atoms with van der Waals surface area (Å²) >= 11 is 5.86. The zero-order valence-electron chi connectivity index (χ0n) is 12.2. The van der Waals surface area contributed by atoms with Crippen LogP contribution in [0.1, 0.15) is 13.8 Å². The van der Waals surface area contributed by atoms with Gasteiger partial charge in [0, 0.05) is 22.7 Å². The van der Waals surface area contributed by atoms with Crippen molar-refractivity contribution in [2.75, 3.05) is 10.5 Å². The lowest BCUT2D eigenvalue weighted by Crippen LogP contribution is -2.25. The van der Waals surface area contributed by atoms with Gasteiger partial charge < -0.3 is 15.0 Å². The van der Waals surface area contributed by atoms with Crippen LogP contribution in [0.4, 0.5) is 11.4 Å². The van der Waals surface area contributed by atoms with Crippen molar-refractivity contribution in [1.82, 2.24) is 0 Å². The third-order valence-corrected chi connectivity index (χ3v) is 3.39. The lowest BCUT2D eigenvalue weighted by molar-refractivity contribution is -0.118. The van der Waals surface area contributed by atoms with Crippen LogP contribution in [0.3, 0.4) is 0 Å². The minimum absolute atomic E-state index is 0.0478. The van der Waals surface area contributed by atoms with Gasteiger partial charge in [0.2, 0.25) is 17.4 Å². The molecule has 1 aliphatic heterocycles. The van der Waals surface area contributed by atoms with Gasteiger partial charge in [-0.3, -0.25) is 4.79 Å². The number of carbonyl (C=O) groups is 1. The van der Waals surface area contributed by atoms with Gasteiger partial charge in [0.05, 0.1) is 0 Å². The highest BCUT2D eigenvalue weighted by molar-refractivity contribution is 6.30. The quantitative estimate of drug-likeness (QED) is 0.928. The van der Waals surface area contributed by atoms with Crippen LogP contribution in [0.2, 0.25) is 5.02 Å². The lowest BCUT2D eigenvalue weighted by Gasteiger charge is -2.13. The normalized spacial score (nSPS) is 12.6. The highest BCUT2D eigenvalue weighted by Gasteiger charge is 2.24. The number of benzene rings is 2. The standard InChI is InChI=1S/C16H15ClN2O3/c1-10(2)16(20)18-12-5-8-14-15(9-12)22-19(21-14)13-6-3-11(17)4-7-13/h3-10H,1-2H3,(H,18,20). The first-order chi connectivity index (χ1) is 10.5. The maximum atomic E-state index is 11.7. The fourth-order valence-corrected chi connectivity index (χ4v) is 2.01. The Morgan fingerprint density at radius 1 is 1.09 bits per heavy atom. The van der Waals surface area contributed by atoms with Crippen molar-refractivity contribution in [3.8, 4) is 11.5 Å². The molecule has 0 unspecified atom stereocenters. The van der Waals surface area contributed by atoms with E-state index < -0.39 is 0 Å². The van der Waals surface area contributed by atoms with Crippen molar-refractivity contribution in [3.63, 3.8) is 0 Å². The van der Waals surface area contributed by atoms with E-state index in [2.05, 4.69) is 5.32 Å². The first-order valence-corrected chi connectivity index (χ1v) is 7.27. The predicted octanol–water partition coefficient (Wildman–Crippen LogP) is 4.04. The third kappa shape index (κ3) is 2.94. The summed E-state index contributed by atoms with van der Waals surface area (Å²) in [5, 5.41) is 4.76. The molecule has 0 aromatic heterocycles. The SMILES string of the molecule is CC(C)C(=O)Nc1ccc2c(c1)ON(c1ccc(Cl)cc1)O2. The van der Waals surface area contributed by atoms with E-state index in [0.29, 0.717) is 27.9 Å². The zero-order chi connectivity index (χ0) is 15.7. The minimum Gasteiger partial charge on any atom is -0.341 e. The Kier molecular flexibility index (Phi) is 3.81. The number of fused-ring (bicyclic) bond motifs is 1. The Bertz CT molecular complexity index is 701. The Hall–Kier alpha value is -2.40. The van der Waals surface area contributed by atoms with E-state index in [1.165, 1.54) is 5.23 Å².